The molecule has 3 unspecified atom stereocenters. The van der Waals surface area contributed by atoms with Gasteiger partial charge in [0.15, 0.2) is 0 Å². The Hall–Kier alpha value is -2.17. The van der Waals surface area contributed by atoms with Crippen LogP contribution in [-0.4, -0.2) is 60.2 Å². The molecule has 1 fully saturated rings. The Morgan fingerprint density at radius 1 is 1.38 bits per heavy atom. The molecule has 1 aliphatic rings. The van der Waals surface area contributed by atoms with Gasteiger partial charge >= 0.3 is 0 Å². The van der Waals surface area contributed by atoms with E-state index in [4.69, 9.17) is 10.00 Å². The van der Waals surface area contributed by atoms with E-state index in [0.29, 0.717) is 24.5 Å². The predicted octanol–water partition coefficient (Wildman–Crippen LogP) is 1.62. The molecule has 26 heavy (non-hydrogen) atoms. The maximum absolute atomic E-state index is 12.7. The fourth-order valence-electron chi connectivity index (χ4n) is 3.44. The van der Waals surface area contributed by atoms with Crippen molar-refractivity contribution in [1.29, 1.82) is 5.26 Å². The number of carbonyl (C=O) groups is 1. The lowest BCUT2D eigenvalue weighted by Gasteiger charge is -2.41. The van der Waals surface area contributed by atoms with Crippen LogP contribution >= 0.6 is 0 Å². The third-order valence-electron chi connectivity index (χ3n) is 4.39. The molecule has 3 atom stereocenters. The largest absolute Gasteiger partial charge is 0.373 e. The van der Waals surface area contributed by atoms with Crippen LogP contribution in [0.4, 0.5) is 5.82 Å². The van der Waals surface area contributed by atoms with Crippen molar-refractivity contribution < 1.29 is 9.53 Å². The molecule has 2 N–H and O–H groups in total. The van der Waals surface area contributed by atoms with Crippen molar-refractivity contribution in [3.8, 4) is 6.07 Å². The molecule has 2 heterocycles. The molecule has 0 radical (unpaired) electrons. The third kappa shape index (κ3) is 5.41. The number of carbonyl (C=O) groups excluding carboxylic acids is 1. The predicted molar refractivity (Wildman–Crippen MR) is 101 cm³/mol. The highest BCUT2D eigenvalue weighted by molar-refractivity contribution is 5.82. The minimum atomic E-state index is -0.173. The van der Waals surface area contributed by atoms with E-state index in [-0.39, 0.29) is 30.1 Å². The Morgan fingerprint density at radius 2 is 2.08 bits per heavy atom. The van der Waals surface area contributed by atoms with E-state index in [2.05, 4.69) is 40.4 Å². The summed E-state index contributed by atoms with van der Waals surface area (Å²) in [5, 5.41) is 15.2. The number of rotatable bonds is 7. The zero-order valence-corrected chi connectivity index (χ0v) is 16.0. The number of hydrogen-bond donors (Lipinski definition) is 2. The molecule has 0 bridgehead atoms. The first-order valence-electron chi connectivity index (χ1n) is 9.18. The van der Waals surface area contributed by atoms with E-state index in [1.165, 1.54) is 0 Å². The van der Waals surface area contributed by atoms with Crippen LogP contribution in [0.2, 0.25) is 0 Å². The van der Waals surface area contributed by atoms with Gasteiger partial charge < -0.3 is 15.4 Å². The molecule has 0 saturated carbocycles. The Kier molecular flexibility index (Phi) is 7.37. The normalized spacial score (nSPS) is 21.8. The number of anilines is 1. The van der Waals surface area contributed by atoms with Gasteiger partial charge in [-0.1, -0.05) is 13.8 Å². The maximum atomic E-state index is 12.7. The number of ether oxygens (including phenoxy) is 1. The average Bonchev–Trinajstić information content (AvgIpc) is 2.58. The van der Waals surface area contributed by atoms with Gasteiger partial charge in [-0.05, 0) is 31.9 Å². The smallest absolute Gasteiger partial charge is 0.237 e. The second kappa shape index (κ2) is 9.51. The Balaban J connectivity index is 1.87. The SMILES string of the molecule is CC1CN(C(C(=O)NCCNc2ncccc2C#N)C(C)C)CC(C)O1. The van der Waals surface area contributed by atoms with Gasteiger partial charge in [0.1, 0.15) is 11.9 Å². The van der Waals surface area contributed by atoms with Gasteiger partial charge in [-0.3, -0.25) is 9.69 Å². The van der Waals surface area contributed by atoms with Crippen molar-refractivity contribution in [3.63, 3.8) is 0 Å². The monoisotopic (exact) mass is 359 g/mol. The van der Waals surface area contributed by atoms with Crippen molar-refractivity contribution in [2.24, 2.45) is 5.92 Å². The summed E-state index contributed by atoms with van der Waals surface area (Å²) in [5.41, 5.74) is 0.496. The van der Waals surface area contributed by atoms with E-state index < -0.39 is 0 Å². The lowest BCUT2D eigenvalue weighted by Crippen LogP contribution is -2.57. The van der Waals surface area contributed by atoms with E-state index in [9.17, 15) is 4.79 Å². The standard InChI is InChI=1S/C19H29N5O2/c1-13(2)17(24-11-14(3)26-15(4)12-24)19(25)23-9-8-22-18-16(10-20)6-5-7-21-18/h5-7,13-15,17H,8-9,11-12H2,1-4H3,(H,21,22)(H,23,25). The van der Waals surface area contributed by atoms with Crippen LogP contribution < -0.4 is 10.6 Å². The summed E-state index contributed by atoms with van der Waals surface area (Å²) in [5.74, 6) is 0.784. The van der Waals surface area contributed by atoms with Gasteiger partial charge in [0.25, 0.3) is 0 Å². The molecule has 142 valence electrons. The molecule has 7 nitrogen and oxygen atoms in total. The highest BCUT2D eigenvalue weighted by atomic mass is 16.5. The molecule has 0 aromatic carbocycles. The summed E-state index contributed by atoms with van der Waals surface area (Å²) in [6.45, 7) is 10.7. The van der Waals surface area contributed by atoms with E-state index in [1.54, 1.807) is 18.3 Å². The van der Waals surface area contributed by atoms with Crippen LogP contribution in [0.1, 0.15) is 33.3 Å². The molecule has 1 saturated heterocycles. The van der Waals surface area contributed by atoms with Gasteiger partial charge in [0, 0.05) is 32.4 Å². The number of nitriles is 1. The van der Waals surface area contributed by atoms with Gasteiger partial charge in [-0.15, -0.1) is 0 Å². The summed E-state index contributed by atoms with van der Waals surface area (Å²) in [6.07, 6.45) is 1.89. The average molecular weight is 359 g/mol. The summed E-state index contributed by atoms with van der Waals surface area (Å²) >= 11 is 0. The molecule has 1 aromatic rings. The Labute approximate surface area is 155 Å². The van der Waals surface area contributed by atoms with Crippen LogP contribution in [0.3, 0.4) is 0 Å². The minimum absolute atomic E-state index is 0.0321. The second-order valence-corrected chi connectivity index (χ2v) is 7.13. The third-order valence-corrected chi connectivity index (χ3v) is 4.39. The molecule has 1 aromatic heterocycles. The molecule has 0 aliphatic carbocycles. The van der Waals surface area contributed by atoms with Gasteiger partial charge in [-0.25, -0.2) is 4.98 Å². The first kappa shape index (κ1) is 20.1. The first-order valence-corrected chi connectivity index (χ1v) is 9.18. The number of pyridine rings is 1. The maximum Gasteiger partial charge on any atom is 0.237 e. The summed E-state index contributed by atoms with van der Waals surface area (Å²) < 4.78 is 5.78. The van der Waals surface area contributed by atoms with Crippen LogP contribution in [0.5, 0.6) is 0 Å². The zero-order valence-electron chi connectivity index (χ0n) is 16.0. The van der Waals surface area contributed by atoms with Crippen molar-refractivity contribution in [2.75, 3.05) is 31.5 Å². The van der Waals surface area contributed by atoms with Crippen molar-refractivity contribution in [2.45, 2.75) is 45.9 Å². The van der Waals surface area contributed by atoms with Crippen LogP contribution in [0.15, 0.2) is 18.3 Å². The van der Waals surface area contributed by atoms with E-state index in [0.717, 1.165) is 13.1 Å². The van der Waals surface area contributed by atoms with Crippen LogP contribution in [0, 0.1) is 17.2 Å². The van der Waals surface area contributed by atoms with Crippen LogP contribution in [0.25, 0.3) is 0 Å². The van der Waals surface area contributed by atoms with Crippen molar-refractivity contribution in [1.82, 2.24) is 15.2 Å². The molecular formula is C19H29N5O2. The van der Waals surface area contributed by atoms with Gasteiger partial charge in [-0.2, -0.15) is 5.26 Å². The number of amides is 1. The number of nitrogens with one attached hydrogen (secondary N) is 2. The van der Waals surface area contributed by atoms with E-state index in [1.807, 2.05) is 13.8 Å². The topological polar surface area (TPSA) is 90.3 Å². The highest BCUT2D eigenvalue weighted by Gasteiger charge is 2.33. The molecule has 0 spiro atoms. The quantitative estimate of drug-likeness (QED) is 0.719. The van der Waals surface area contributed by atoms with Crippen molar-refractivity contribution >= 4 is 11.7 Å². The molecule has 2 rings (SSSR count). The number of hydrogen-bond acceptors (Lipinski definition) is 6. The fraction of sp³-hybridized carbons (Fsp3) is 0.632. The number of morpholine rings is 1. The van der Waals surface area contributed by atoms with Crippen molar-refractivity contribution in [3.05, 3.63) is 23.9 Å². The Bertz CT molecular complexity index is 633. The van der Waals surface area contributed by atoms with E-state index >= 15 is 0 Å². The molecular weight excluding hydrogens is 330 g/mol. The zero-order chi connectivity index (χ0) is 19.1. The van der Waals surface area contributed by atoms with Gasteiger partial charge in [0.2, 0.25) is 5.91 Å². The summed E-state index contributed by atoms with van der Waals surface area (Å²) in [7, 11) is 0. The lowest BCUT2D eigenvalue weighted by molar-refractivity contribution is -0.135. The number of aromatic nitrogens is 1. The number of nitrogens with zero attached hydrogens (tertiary/aromatic N) is 3. The first-order chi connectivity index (χ1) is 12.4. The van der Waals surface area contributed by atoms with Gasteiger partial charge in [0.05, 0.1) is 23.8 Å². The molecule has 1 aliphatic heterocycles. The molecule has 7 heteroatoms. The summed E-state index contributed by atoms with van der Waals surface area (Å²) in [6, 6.07) is 5.36. The summed E-state index contributed by atoms with van der Waals surface area (Å²) in [4.78, 5) is 19.1. The second-order valence-electron chi connectivity index (χ2n) is 7.13. The lowest BCUT2D eigenvalue weighted by atomic mass is 9.99. The fourth-order valence-corrected chi connectivity index (χ4v) is 3.44. The highest BCUT2D eigenvalue weighted by Crippen LogP contribution is 2.18. The Morgan fingerprint density at radius 3 is 2.69 bits per heavy atom. The van der Waals surface area contributed by atoms with Crippen LogP contribution in [-0.2, 0) is 9.53 Å². The minimum Gasteiger partial charge on any atom is -0.373 e. The molecule has 1 amide bonds.